The van der Waals surface area contributed by atoms with Gasteiger partial charge in [0.15, 0.2) is 0 Å². The molecule has 0 aromatic rings. The largest absolute Gasteiger partial charge is 0.480 e. The molecule has 17 heteroatoms. The topological polar surface area (TPSA) is 231 Å². The van der Waals surface area contributed by atoms with Gasteiger partial charge in [-0.25, -0.2) is 4.79 Å². The lowest BCUT2D eigenvalue weighted by atomic mass is 10.0. The minimum absolute atomic E-state index is 0.0177. The molecule has 0 radical (unpaired) electrons. The first-order valence-electron chi connectivity index (χ1n) is 25.1. The van der Waals surface area contributed by atoms with Crippen LogP contribution < -0.4 is 21.7 Å². The molecule has 0 aromatic heterocycles. The number of carbonyl (C=O) groups is 5. The van der Waals surface area contributed by atoms with Crippen molar-refractivity contribution in [1.29, 1.82) is 0 Å². The second kappa shape index (κ2) is 38.3. The minimum Gasteiger partial charge on any atom is -0.480 e. The van der Waals surface area contributed by atoms with Crippen LogP contribution in [0.25, 0.3) is 0 Å². The highest BCUT2D eigenvalue weighted by atomic mass is 31.2. The monoisotopic (exact) mass is 965 g/mol. The first-order valence-corrected chi connectivity index (χ1v) is 26.8. The van der Waals surface area contributed by atoms with Gasteiger partial charge >= 0.3 is 19.5 Å². The highest BCUT2D eigenvalue weighted by molar-refractivity contribution is 7.53. The van der Waals surface area contributed by atoms with Crippen LogP contribution in [0.2, 0.25) is 0 Å². The van der Waals surface area contributed by atoms with Crippen LogP contribution in [0.4, 0.5) is 0 Å². The van der Waals surface area contributed by atoms with Crippen LogP contribution in [-0.4, -0.2) is 109 Å². The van der Waals surface area contributed by atoms with Gasteiger partial charge in [0.1, 0.15) is 24.3 Å². The molecule has 0 aliphatic carbocycles. The number of carboxylic acid groups (broad SMARTS) is 1. The zero-order valence-electron chi connectivity index (χ0n) is 43.4. The summed E-state index contributed by atoms with van der Waals surface area (Å²) >= 11 is 0. The molecule has 0 aromatic carbocycles. The molecule has 0 fully saturated rings. The number of nitrogens with two attached hydrogens (primary N) is 1. The molecule has 16 nitrogen and oxygen atoms in total. The maximum atomic E-state index is 13.3. The lowest BCUT2D eigenvalue weighted by Crippen LogP contribution is -2.44. The molecule has 0 aliphatic rings. The van der Waals surface area contributed by atoms with Gasteiger partial charge in [0, 0.05) is 25.9 Å². The van der Waals surface area contributed by atoms with Gasteiger partial charge in [-0.2, -0.15) is 0 Å². The number of nitrogens with one attached hydrogen (secondary N) is 3. The predicted molar refractivity (Wildman–Crippen MR) is 263 cm³/mol. The Morgan fingerprint density at radius 2 is 1.02 bits per heavy atom. The normalized spacial score (nSPS) is 13.0. The van der Waals surface area contributed by atoms with E-state index in [1.807, 2.05) is 55.4 Å². The van der Waals surface area contributed by atoms with E-state index in [1.165, 1.54) is 51.4 Å². The lowest BCUT2D eigenvalue weighted by molar-refractivity contribution is -0.159. The van der Waals surface area contributed by atoms with E-state index in [0.717, 1.165) is 44.9 Å². The van der Waals surface area contributed by atoms with Crippen LogP contribution in [0, 0.1) is 0 Å². The third kappa shape index (κ3) is 43.9. The van der Waals surface area contributed by atoms with Crippen LogP contribution in [-0.2, 0) is 51.8 Å². The summed E-state index contributed by atoms with van der Waals surface area (Å²) in [6.07, 6.45) is 19.2. The first-order chi connectivity index (χ1) is 30.9. The molecular formula is C49H97N4O12P. The van der Waals surface area contributed by atoms with E-state index in [-0.39, 0.29) is 63.5 Å². The lowest BCUT2D eigenvalue weighted by Gasteiger charge is -2.32. The SMILES string of the molecule is CC.CC(C)(C)OC(=O)C(CCC(=O)NCCOCCOCC(=O)NCCCCC(N)C(=O)O)NC(=O)CCCCCCCCCCCCCCCCCP(=O)(OC(C)(C)C)OC(C)(C)C. The van der Waals surface area contributed by atoms with Crippen molar-refractivity contribution in [2.75, 3.05) is 45.7 Å². The second-order valence-electron chi connectivity index (χ2n) is 19.8. The number of rotatable bonds is 39. The zero-order chi connectivity index (χ0) is 50.5. The molecule has 0 bridgehead atoms. The summed E-state index contributed by atoms with van der Waals surface area (Å²) in [6.45, 7) is 21.9. The molecule has 2 atom stereocenters. The van der Waals surface area contributed by atoms with E-state index < -0.39 is 48.4 Å². The average Bonchev–Trinajstić information content (AvgIpc) is 3.19. The number of hydrogen-bond donors (Lipinski definition) is 5. The number of hydrogen-bond acceptors (Lipinski definition) is 12. The zero-order valence-corrected chi connectivity index (χ0v) is 44.3. The number of amides is 3. The smallest absolute Gasteiger partial charge is 0.331 e. The molecule has 3 amide bonds. The van der Waals surface area contributed by atoms with E-state index in [2.05, 4.69) is 16.0 Å². The third-order valence-electron chi connectivity index (χ3n) is 9.60. The Morgan fingerprint density at radius 3 is 1.50 bits per heavy atom. The van der Waals surface area contributed by atoms with E-state index in [4.69, 9.17) is 34.1 Å². The molecule has 0 heterocycles. The molecule has 390 valence electrons. The van der Waals surface area contributed by atoms with Crippen molar-refractivity contribution in [3.8, 4) is 0 Å². The Kier molecular flexibility index (Phi) is 37.9. The van der Waals surface area contributed by atoms with Crippen molar-refractivity contribution < 1.29 is 56.9 Å². The highest BCUT2D eigenvalue weighted by Crippen LogP contribution is 2.55. The van der Waals surface area contributed by atoms with Crippen LogP contribution in [0.3, 0.4) is 0 Å². The second-order valence-corrected chi connectivity index (χ2v) is 21.8. The molecule has 0 rings (SSSR count). The highest BCUT2D eigenvalue weighted by Gasteiger charge is 2.34. The maximum absolute atomic E-state index is 13.3. The summed E-state index contributed by atoms with van der Waals surface area (Å²) in [5.74, 6) is -2.41. The van der Waals surface area contributed by atoms with Crippen molar-refractivity contribution in [2.45, 2.75) is 240 Å². The number of carbonyl (C=O) groups excluding carboxylic acids is 4. The van der Waals surface area contributed by atoms with Gasteiger partial charge in [0.05, 0.1) is 37.2 Å². The van der Waals surface area contributed by atoms with Gasteiger partial charge < -0.3 is 50.0 Å². The van der Waals surface area contributed by atoms with Crippen molar-refractivity contribution in [3.05, 3.63) is 0 Å². The molecular weight excluding hydrogens is 868 g/mol. The molecule has 6 N–H and O–H groups in total. The van der Waals surface area contributed by atoms with Crippen LogP contribution in [0.1, 0.15) is 211 Å². The fourth-order valence-corrected chi connectivity index (χ4v) is 9.12. The number of esters is 1. The van der Waals surface area contributed by atoms with Crippen molar-refractivity contribution in [3.63, 3.8) is 0 Å². The molecule has 0 saturated carbocycles. The van der Waals surface area contributed by atoms with E-state index in [9.17, 15) is 28.5 Å². The van der Waals surface area contributed by atoms with Crippen molar-refractivity contribution in [1.82, 2.24) is 16.0 Å². The molecule has 0 saturated heterocycles. The quantitative estimate of drug-likeness (QED) is 0.0220. The summed E-state index contributed by atoms with van der Waals surface area (Å²) in [5.41, 5.74) is 3.69. The summed E-state index contributed by atoms with van der Waals surface area (Å²) in [5, 5.41) is 17.0. The fourth-order valence-electron chi connectivity index (χ4n) is 6.62. The minimum atomic E-state index is -3.14. The summed E-state index contributed by atoms with van der Waals surface area (Å²) in [4.78, 5) is 60.8. The third-order valence-corrected chi connectivity index (χ3v) is 12.1. The van der Waals surface area contributed by atoms with Crippen LogP contribution >= 0.6 is 7.60 Å². The van der Waals surface area contributed by atoms with Crippen LogP contribution in [0.15, 0.2) is 0 Å². The maximum Gasteiger partial charge on any atom is 0.331 e. The van der Waals surface area contributed by atoms with Gasteiger partial charge in [-0.15, -0.1) is 0 Å². The van der Waals surface area contributed by atoms with Gasteiger partial charge in [-0.1, -0.05) is 97.3 Å². The van der Waals surface area contributed by atoms with Crippen LogP contribution in [0.5, 0.6) is 0 Å². The number of ether oxygens (including phenoxy) is 3. The standard InChI is InChI=1S/C47H91N4O12P.C2H6/c1-45(2,3)61-44(57)39(29-30-40(52)50-32-33-59-34-35-60-37-42(54)49-31-25-24-27-38(48)43(55)56)51-41(53)28-23-21-19-17-15-13-11-10-12-14-16-18-20-22-26-36-64(58,62-46(4,5)6)63-47(7,8)9;1-2/h38-39H,10-37,48H2,1-9H3,(H,49,54)(H,50,52)(H,51,53)(H,55,56);1-2H3. The molecule has 66 heavy (non-hydrogen) atoms. The Bertz CT molecular complexity index is 1330. The van der Waals surface area contributed by atoms with Gasteiger partial charge in [-0.05, 0) is 101 Å². The first kappa shape index (κ1) is 65.5. The van der Waals surface area contributed by atoms with Crippen molar-refractivity contribution >= 4 is 37.3 Å². The molecule has 0 spiro atoms. The predicted octanol–water partition coefficient (Wildman–Crippen LogP) is 9.53. The van der Waals surface area contributed by atoms with Gasteiger partial charge in [0.2, 0.25) is 17.7 Å². The summed E-state index contributed by atoms with van der Waals surface area (Å²) < 4.78 is 41.4. The van der Waals surface area contributed by atoms with Crippen molar-refractivity contribution in [2.24, 2.45) is 5.73 Å². The average molecular weight is 965 g/mol. The Balaban J connectivity index is 0. The molecule has 2 unspecified atom stereocenters. The Morgan fingerprint density at radius 1 is 0.545 bits per heavy atom. The van der Waals surface area contributed by atoms with E-state index >= 15 is 0 Å². The number of aliphatic carboxylic acids is 1. The summed E-state index contributed by atoms with van der Waals surface area (Å²) in [7, 11) is -3.14. The summed E-state index contributed by atoms with van der Waals surface area (Å²) in [6, 6.07) is -1.83. The number of unbranched alkanes of at least 4 members (excludes halogenated alkanes) is 15. The van der Waals surface area contributed by atoms with E-state index in [1.54, 1.807) is 20.8 Å². The van der Waals surface area contributed by atoms with Gasteiger partial charge in [0.25, 0.3) is 0 Å². The Hall–Kier alpha value is -2.62. The Labute approximate surface area is 400 Å². The molecule has 0 aliphatic heterocycles. The number of carboxylic acids is 1. The van der Waals surface area contributed by atoms with E-state index in [0.29, 0.717) is 38.4 Å². The fraction of sp³-hybridized carbons (Fsp3) is 0.898. The van der Waals surface area contributed by atoms with Gasteiger partial charge in [-0.3, -0.25) is 23.7 Å².